The van der Waals surface area contributed by atoms with Crippen LogP contribution in [-0.2, 0) is 9.53 Å². The first-order valence-electron chi connectivity index (χ1n) is 7.48. The fraction of sp³-hybridized carbons (Fsp3) is 0.588. The van der Waals surface area contributed by atoms with Crippen molar-refractivity contribution in [3.05, 3.63) is 28.8 Å². The van der Waals surface area contributed by atoms with Crippen molar-refractivity contribution in [1.29, 1.82) is 0 Å². The molecule has 110 valence electrons. The van der Waals surface area contributed by atoms with Gasteiger partial charge in [-0.3, -0.25) is 4.79 Å². The molecule has 0 aliphatic heterocycles. The molecule has 0 heterocycles. The molecule has 3 nitrogen and oxygen atoms in total. The van der Waals surface area contributed by atoms with Crippen LogP contribution >= 0.6 is 0 Å². The maximum Gasteiger partial charge on any atom is 0.306 e. The van der Waals surface area contributed by atoms with E-state index >= 15 is 0 Å². The molecule has 0 aromatic heterocycles. The molecule has 1 aromatic carbocycles. The number of ether oxygens (including phenoxy) is 1. The first-order chi connectivity index (χ1) is 9.52. The fourth-order valence-corrected chi connectivity index (χ4v) is 3.36. The van der Waals surface area contributed by atoms with Crippen molar-refractivity contribution in [3.8, 4) is 5.75 Å². The van der Waals surface area contributed by atoms with Crippen molar-refractivity contribution in [2.75, 3.05) is 6.61 Å². The highest BCUT2D eigenvalue weighted by molar-refractivity contribution is 5.69. The van der Waals surface area contributed by atoms with E-state index in [9.17, 15) is 9.90 Å². The molecule has 1 fully saturated rings. The van der Waals surface area contributed by atoms with E-state index in [0.29, 0.717) is 30.6 Å². The number of aromatic hydroxyl groups is 1. The van der Waals surface area contributed by atoms with Crippen molar-refractivity contribution in [1.82, 2.24) is 0 Å². The second kappa shape index (κ2) is 6.29. The van der Waals surface area contributed by atoms with Gasteiger partial charge in [0.25, 0.3) is 0 Å². The molecule has 3 heteroatoms. The highest BCUT2D eigenvalue weighted by Crippen LogP contribution is 2.43. The zero-order valence-electron chi connectivity index (χ0n) is 12.6. The average Bonchev–Trinajstić information content (AvgIpc) is 2.83. The van der Waals surface area contributed by atoms with Crippen molar-refractivity contribution < 1.29 is 14.6 Å². The van der Waals surface area contributed by atoms with E-state index in [-0.39, 0.29) is 5.97 Å². The molecular weight excluding hydrogens is 252 g/mol. The van der Waals surface area contributed by atoms with Gasteiger partial charge < -0.3 is 9.84 Å². The normalized spacial score (nSPS) is 21.9. The topological polar surface area (TPSA) is 46.5 Å². The monoisotopic (exact) mass is 276 g/mol. The predicted molar refractivity (Wildman–Crippen MR) is 78.9 cm³/mol. The van der Waals surface area contributed by atoms with Gasteiger partial charge in [0.2, 0.25) is 0 Å². The minimum atomic E-state index is -0.0865. The predicted octanol–water partition coefficient (Wildman–Crippen LogP) is 3.85. The van der Waals surface area contributed by atoms with Gasteiger partial charge in [-0.05, 0) is 62.1 Å². The molecule has 2 atom stereocenters. The summed E-state index contributed by atoms with van der Waals surface area (Å²) in [5.74, 6) is 1.08. The Labute approximate surface area is 121 Å². The van der Waals surface area contributed by atoms with E-state index in [2.05, 4.69) is 12.1 Å². The summed E-state index contributed by atoms with van der Waals surface area (Å²) >= 11 is 0. The average molecular weight is 276 g/mol. The molecule has 0 saturated heterocycles. The number of hydrogen-bond acceptors (Lipinski definition) is 3. The van der Waals surface area contributed by atoms with Gasteiger partial charge in [0.1, 0.15) is 5.75 Å². The molecule has 0 amide bonds. The van der Waals surface area contributed by atoms with Gasteiger partial charge >= 0.3 is 5.97 Å². The summed E-state index contributed by atoms with van der Waals surface area (Å²) in [5, 5.41) is 9.88. The first-order valence-corrected chi connectivity index (χ1v) is 7.48. The number of carbonyl (C=O) groups excluding carboxylic acids is 1. The summed E-state index contributed by atoms with van der Waals surface area (Å²) in [7, 11) is 0. The van der Waals surface area contributed by atoms with Crippen LogP contribution in [0.25, 0.3) is 0 Å². The van der Waals surface area contributed by atoms with E-state index in [4.69, 9.17) is 4.74 Å². The summed E-state index contributed by atoms with van der Waals surface area (Å²) in [6, 6.07) is 4.13. The smallest absolute Gasteiger partial charge is 0.306 e. The molecule has 0 spiro atoms. The Kier molecular flexibility index (Phi) is 4.69. The van der Waals surface area contributed by atoms with Crippen LogP contribution in [0.5, 0.6) is 5.75 Å². The number of phenolic OH excluding ortho intramolecular Hbond substituents is 1. The van der Waals surface area contributed by atoms with Gasteiger partial charge in [-0.2, -0.15) is 0 Å². The van der Waals surface area contributed by atoms with Crippen molar-refractivity contribution in [2.24, 2.45) is 5.92 Å². The summed E-state index contributed by atoms with van der Waals surface area (Å²) in [5.41, 5.74) is 3.09. The number of esters is 1. The lowest BCUT2D eigenvalue weighted by Gasteiger charge is -2.20. The van der Waals surface area contributed by atoms with Crippen LogP contribution in [0.1, 0.15) is 55.2 Å². The molecule has 0 radical (unpaired) electrons. The molecule has 1 aromatic rings. The molecule has 2 rings (SSSR count). The standard InChI is InChI=1S/C17H24O3/c1-4-20-16(18)10-13-6-5-7-15(13)14-8-11(2)17(19)12(3)9-14/h8-9,13,15,19H,4-7,10H2,1-3H3/t13-,15+/m1/s1. The second-order valence-corrected chi connectivity index (χ2v) is 5.81. The summed E-state index contributed by atoms with van der Waals surface area (Å²) in [6.07, 6.45) is 3.88. The molecule has 1 N–H and O–H groups in total. The zero-order chi connectivity index (χ0) is 14.7. The Hall–Kier alpha value is -1.51. The highest BCUT2D eigenvalue weighted by atomic mass is 16.5. The molecule has 0 unspecified atom stereocenters. The molecule has 1 saturated carbocycles. The number of hydrogen-bond donors (Lipinski definition) is 1. The number of rotatable bonds is 4. The van der Waals surface area contributed by atoms with Gasteiger partial charge in [-0.15, -0.1) is 0 Å². The van der Waals surface area contributed by atoms with Crippen LogP contribution in [0.2, 0.25) is 0 Å². The van der Waals surface area contributed by atoms with E-state index < -0.39 is 0 Å². The van der Waals surface area contributed by atoms with Crippen LogP contribution in [0.3, 0.4) is 0 Å². The molecular formula is C17H24O3. The Morgan fingerprint density at radius 3 is 2.55 bits per heavy atom. The SMILES string of the molecule is CCOC(=O)C[C@H]1CCC[C@@H]1c1cc(C)c(O)c(C)c1. The quantitative estimate of drug-likeness (QED) is 0.850. The Morgan fingerprint density at radius 2 is 1.95 bits per heavy atom. The van der Waals surface area contributed by atoms with Crippen molar-refractivity contribution in [2.45, 2.75) is 52.4 Å². The van der Waals surface area contributed by atoms with Gasteiger partial charge in [-0.25, -0.2) is 0 Å². The van der Waals surface area contributed by atoms with E-state index in [1.54, 1.807) is 0 Å². The number of aryl methyl sites for hydroxylation is 2. The lowest BCUT2D eigenvalue weighted by atomic mass is 9.85. The lowest BCUT2D eigenvalue weighted by molar-refractivity contribution is -0.144. The lowest BCUT2D eigenvalue weighted by Crippen LogP contribution is -2.14. The van der Waals surface area contributed by atoms with E-state index in [1.165, 1.54) is 5.56 Å². The maximum absolute atomic E-state index is 11.7. The van der Waals surface area contributed by atoms with Crippen molar-refractivity contribution >= 4 is 5.97 Å². The van der Waals surface area contributed by atoms with Crippen LogP contribution in [0, 0.1) is 19.8 Å². The molecule has 0 bridgehead atoms. The largest absolute Gasteiger partial charge is 0.507 e. The third-order valence-corrected chi connectivity index (χ3v) is 4.33. The van der Waals surface area contributed by atoms with Crippen LogP contribution in [-0.4, -0.2) is 17.7 Å². The van der Waals surface area contributed by atoms with Gasteiger partial charge in [-0.1, -0.05) is 18.6 Å². The molecule has 20 heavy (non-hydrogen) atoms. The minimum Gasteiger partial charge on any atom is -0.507 e. The summed E-state index contributed by atoms with van der Waals surface area (Å²) < 4.78 is 5.08. The summed E-state index contributed by atoms with van der Waals surface area (Å²) in [4.78, 5) is 11.7. The van der Waals surface area contributed by atoms with Gasteiger partial charge in [0.05, 0.1) is 6.61 Å². The van der Waals surface area contributed by atoms with Crippen LogP contribution in [0.15, 0.2) is 12.1 Å². The zero-order valence-corrected chi connectivity index (χ0v) is 12.6. The Morgan fingerprint density at radius 1 is 1.30 bits per heavy atom. The number of carbonyl (C=O) groups is 1. The highest BCUT2D eigenvalue weighted by Gasteiger charge is 2.31. The number of phenols is 1. The third-order valence-electron chi connectivity index (χ3n) is 4.33. The minimum absolute atomic E-state index is 0.0865. The maximum atomic E-state index is 11.7. The fourth-order valence-electron chi connectivity index (χ4n) is 3.36. The second-order valence-electron chi connectivity index (χ2n) is 5.81. The van der Waals surface area contributed by atoms with E-state index in [1.807, 2.05) is 20.8 Å². The number of benzene rings is 1. The summed E-state index contributed by atoms with van der Waals surface area (Å²) in [6.45, 7) is 6.16. The Balaban J connectivity index is 2.16. The first kappa shape index (κ1) is 14.9. The van der Waals surface area contributed by atoms with Gasteiger partial charge in [0, 0.05) is 6.42 Å². The van der Waals surface area contributed by atoms with E-state index in [0.717, 1.165) is 30.4 Å². The Bertz CT molecular complexity index is 470. The van der Waals surface area contributed by atoms with Gasteiger partial charge in [0.15, 0.2) is 0 Å². The molecule has 1 aliphatic carbocycles. The molecule has 1 aliphatic rings. The third kappa shape index (κ3) is 3.14. The van der Waals surface area contributed by atoms with Crippen LogP contribution < -0.4 is 0 Å². The van der Waals surface area contributed by atoms with Crippen LogP contribution in [0.4, 0.5) is 0 Å². The van der Waals surface area contributed by atoms with Crippen molar-refractivity contribution in [3.63, 3.8) is 0 Å².